The van der Waals surface area contributed by atoms with Gasteiger partial charge in [-0.3, -0.25) is 14.5 Å². The number of rotatable bonds is 5. The number of amides is 2. The van der Waals surface area contributed by atoms with E-state index < -0.39 is 0 Å². The van der Waals surface area contributed by atoms with Crippen LogP contribution >= 0.6 is 0 Å². The van der Waals surface area contributed by atoms with E-state index in [0.29, 0.717) is 25.9 Å². The Labute approximate surface area is 180 Å². The lowest BCUT2D eigenvalue weighted by molar-refractivity contribution is -0.143. The van der Waals surface area contributed by atoms with E-state index in [1.54, 1.807) is 7.11 Å². The lowest BCUT2D eigenvalue weighted by atomic mass is 9.95. The molecule has 2 amide bonds. The van der Waals surface area contributed by atoms with Crippen molar-refractivity contribution in [1.82, 2.24) is 14.7 Å². The molecule has 164 valence electrons. The second-order valence-electron chi connectivity index (χ2n) is 9.01. The predicted octanol–water partition coefficient (Wildman–Crippen LogP) is 2.91. The van der Waals surface area contributed by atoms with Crippen LogP contribution in [0, 0.1) is 5.92 Å². The van der Waals surface area contributed by atoms with E-state index in [1.165, 1.54) is 25.7 Å². The van der Waals surface area contributed by atoms with Crippen LogP contribution in [0.4, 0.5) is 0 Å². The third-order valence-corrected chi connectivity index (χ3v) is 7.04. The summed E-state index contributed by atoms with van der Waals surface area (Å²) in [6.45, 7) is 4.85. The molecule has 4 rings (SSSR count). The zero-order valence-corrected chi connectivity index (χ0v) is 18.2. The number of carbonyl (C=O) groups is 2. The summed E-state index contributed by atoms with van der Waals surface area (Å²) in [5.41, 5.74) is 1.04. The first-order chi connectivity index (χ1) is 14.6. The lowest BCUT2D eigenvalue weighted by Gasteiger charge is -2.35. The van der Waals surface area contributed by atoms with Crippen LogP contribution in [-0.4, -0.2) is 72.4 Å². The summed E-state index contributed by atoms with van der Waals surface area (Å²) in [6.07, 6.45) is 7.53. The van der Waals surface area contributed by atoms with Gasteiger partial charge in [0.15, 0.2) is 0 Å². The number of nitrogens with zero attached hydrogens (tertiary/aromatic N) is 3. The van der Waals surface area contributed by atoms with Gasteiger partial charge in [-0.05, 0) is 43.4 Å². The van der Waals surface area contributed by atoms with Gasteiger partial charge in [-0.2, -0.15) is 0 Å². The highest BCUT2D eigenvalue weighted by Crippen LogP contribution is 2.26. The van der Waals surface area contributed by atoms with Gasteiger partial charge in [-0.15, -0.1) is 0 Å². The number of methoxy groups -OCH3 is 1. The third kappa shape index (κ3) is 4.97. The smallest absolute Gasteiger partial charge is 0.227 e. The van der Waals surface area contributed by atoms with E-state index in [-0.39, 0.29) is 17.7 Å². The minimum atomic E-state index is -0.0775. The number of hydrogen-bond acceptors (Lipinski definition) is 4. The second-order valence-corrected chi connectivity index (χ2v) is 9.01. The maximum absolute atomic E-state index is 13.3. The average Bonchev–Trinajstić information content (AvgIpc) is 3.19. The molecule has 6 heteroatoms. The van der Waals surface area contributed by atoms with Crippen molar-refractivity contribution in [3.05, 3.63) is 29.8 Å². The van der Waals surface area contributed by atoms with Crippen LogP contribution < -0.4 is 4.74 Å². The van der Waals surface area contributed by atoms with Gasteiger partial charge in [0.05, 0.1) is 13.0 Å². The normalized spacial score (nSPS) is 24.2. The molecule has 0 radical (unpaired) electrons. The van der Waals surface area contributed by atoms with Gasteiger partial charge in [0.1, 0.15) is 5.75 Å². The predicted molar refractivity (Wildman–Crippen MR) is 116 cm³/mol. The fourth-order valence-electron chi connectivity index (χ4n) is 5.31. The van der Waals surface area contributed by atoms with E-state index in [0.717, 1.165) is 50.0 Å². The Morgan fingerprint density at radius 3 is 2.70 bits per heavy atom. The molecule has 0 N–H and O–H groups in total. The zero-order valence-electron chi connectivity index (χ0n) is 18.2. The number of benzene rings is 1. The first kappa shape index (κ1) is 21.2. The molecular formula is C24H35N3O3. The number of likely N-dealkylation sites (tertiary alicyclic amines) is 1. The lowest BCUT2D eigenvalue weighted by Crippen LogP contribution is -2.47. The van der Waals surface area contributed by atoms with Crippen LogP contribution in [0.2, 0.25) is 0 Å². The van der Waals surface area contributed by atoms with Crippen molar-refractivity contribution in [2.24, 2.45) is 5.92 Å². The molecule has 0 spiro atoms. The van der Waals surface area contributed by atoms with Crippen molar-refractivity contribution in [1.29, 1.82) is 0 Å². The molecule has 1 aromatic rings. The third-order valence-electron chi connectivity index (χ3n) is 7.04. The summed E-state index contributed by atoms with van der Waals surface area (Å²) in [6, 6.07) is 8.55. The SMILES string of the molecule is COc1cccc(CN2C[C@H](C(=O)N3CCCN(C4CCCC4)CC3)CCC2=O)c1. The van der Waals surface area contributed by atoms with Crippen molar-refractivity contribution in [2.75, 3.05) is 39.8 Å². The van der Waals surface area contributed by atoms with Crippen LogP contribution in [-0.2, 0) is 16.1 Å². The maximum atomic E-state index is 13.3. The minimum Gasteiger partial charge on any atom is -0.497 e. The number of ether oxygens (including phenoxy) is 1. The van der Waals surface area contributed by atoms with Crippen molar-refractivity contribution in [2.45, 2.75) is 57.5 Å². The highest BCUT2D eigenvalue weighted by Gasteiger charge is 2.34. The van der Waals surface area contributed by atoms with Crippen molar-refractivity contribution >= 4 is 11.8 Å². The van der Waals surface area contributed by atoms with Crippen molar-refractivity contribution in [3.63, 3.8) is 0 Å². The van der Waals surface area contributed by atoms with Gasteiger partial charge in [0, 0.05) is 51.7 Å². The molecule has 2 saturated heterocycles. The molecule has 3 aliphatic rings. The van der Waals surface area contributed by atoms with Crippen LogP contribution in [0.25, 0.3) is 0 Å². The topological polar surface area (TPSA) is 53.1 Å². The molecule has 1 atom stereocenters. The first-order valence-electron chi connectivity index (χ1n) is 11.6. The molecule has 0 bridgehead atoms. The maximum Gasteiger partial charge on any atom is 0.227 e. The van der Waals surface area contributed by atoms with Gasteiger partial charge in [-0.25, -0.2) is 0 Å². The minimum absolute atomic E-state index is 0.0775. The Kier molecular flexibility index (Phi) is 6.93. The zero-order chi connectivity index (χ0) is 20.9. The van der Waals surface area contributed by atoms with Crippen molar-refractivity contribution < 1.29 is 14.3 Å². The van der Waals surface area contributed by atoms with E-state index in [4.69, 9.17) is 4.74 Å². The summed E-state index contributed by atoms with van der Waals surface area (Å²) in [7, 11) is 1.65. The number of hydrogen-bond donors (Lipinski definition) is 0. The number of carbonyl (C=O) groups excluding carboxylic acids is 2. The second kappa shape index (κ2) is 9.82. The van der Waals surface area contributed by atoms with Gasteiger partial charge < -0.3 is 14.5 Å². The quantitative estimate of drug-likeness (QED) is 0.745. The molecular weight excluding hydrogens is 378 g/mol. The molecule has 1 aliphatic carbocycles. The van der Waals surface area contributed by atoms with E-state index in [2.05, 4.69) is 9.80 Å². The average molecular weight is 414 g/mol. The fraction of sp³-hybridized carbons (Fsp3) is 0.667. The molecule has 3 fully saturated rings. The van der Waals surface area contributed by atoms with Crippen LogP contribution in [0.3, 0.4) is 0 Å². The van der Waals surface area contributed by atoms with Crippen LogP contribution in [0.15, 0.2) is 24.3 Å². The van der Waals surface area contributed by atoms with Gasteiger partial charge in [0.25, 0.3) is 0 Å². The molecule has 0 unspecified atom stereocenters. The van der Waals surface area contributed by atoms with Crippen LogP contribution in [0.1, 0.15) is 50.5 Å². The molecule has 2 heterocycles. The monoisotopic (exact) mass is 413 g/mol. The first-order valence-corrected chi connectivity index (χ1v) is 11.6. The van der Waals surface area contributed by atoms with Crippen LogP contribution in [0.5, 0.6) is 5.75 Å². The fourth-order valence-corrected chi connectivity index (χ4v) is 5.31. The largest absolute Gasteiger partial charge is 0.497 e. The van der Waals surface area contributed by atoms with E-state index >= 15 is 0 Å². The highest BCUT2D eigenvalue weighted by molar-refractivity contribution is 5.84. The highest BCUT2D eigenvalue weighted by atomic mass is 16.5. The van der Waals surface area contributed by atoms with Crippen molar-refractivity contribution in [3.8, 4) is 5.75 Å². The standard InChI is InChI=1S/C24H35N3O3/c1-30-22-9-4-6-19(16-22)17-27-18-20(10-11-23(27)28)24(29)26-13-5-12-25(14-15-26)21-7-2-3-8-21/h4,6,9,16,20-21H,2-3,5,7-8,10-15,17-18H2,1H3/t20-/m1/s1. The Morgan fingerprint density at radius 2 is 1.90 bits per heavy atom. The summed E-state index contributed by atoms with van der Waals surface area (Å²) in [4.78, 5) is 32.3. The summed E-state index contributed by atoms with van der Waals surface area (Å²) >= 11 is 0. The van der Waals surface area contributed by atoms with Gasteiger partial charge in [-0.1, -0.05) is 25.0 Å². The molecule has 0 aromatic heterocycles. The number of piperidine rings is 1. The Bertz CT molecular complexity index is 747. The Morgan fingerprint density at radius 1 is 1.07 bits per heavy atom. The Hall–Kier alpha value is -2.08. The summed E-state index contributed by atoms with van der Waals surface area (Å²) in [5, 5.41) is 0. The van der Waals surface area contributed by atoms with E-state index in [9.17, 15) is 9.59 Å². The summed E-state index contributed by atoms with van der Waals surface area (Å²) < 4.78 is 5.30. The molecule has 6 nitrogen and oxygen atoms in total. The molecule has 1 aromatic carbocycles. The van der Waals surface area contributed by atoms with Gasteiger partial charge >= 0.3 is 0 Å². The van der Waals surface area contributed by atoms with Gasteiger partial charge in [0.2, 0.25) is 11.8 Å². The molecule has 30 heavy (non-hydrogen) atoms. The molecule has 2 aliphatic heterocycles. The summed E-state index contributed by atoms with van der Waals surface area (Å²) in [5.74, 6) is 1.10. The van der Waals surface area contributed by atoms with E-state index in [1.807, 2.05) is 29.2 Å². The molecule has 1 saturated carbocycles. The Balaban J connectivity index is 1.34.